The lowest BCUT2D eigenvalue weighted by molar-refractivity contribution is -0.00680. The predicted molar refractivity (Wildman–Crippen MR) is 124 cm³/mol. The van der Waals surface area contributed by atoms with Gasteiger partial charge in [-0.3, -0.25) is 4.57 Å². The molecule has 7 heteroatoms. The molecule has 0 spiro atoms. The number of ether oxygens (including phenoxy) is 1. The van der Waals surface area contributed by atoms with Crippen molar-refractivity contribution in [1.29, 1.82) is 0 Å². The molecule has 28 heavy (non-hydrogen) atoms. The fraction of sp³-hybridized carbons (Fsp3) is 1.00. The Hall–Kier alpha value is 0.525. The number of rotatable bonds is 9. The molecule has 0 amide bonds. The fourth-order valence-electron chi connectivity index (χ4n) is 4.10. The Morgan fingerprint density at radius 3 is 2.36 bits per heavy atom. The van der Waals surface area contributed by atoms with Gasteiger partial charge in [-0.1, -0.05) is 44.8 Å². The molecule has 1 radical (unpaired) electrons. The van der Waals surface area contributed by atoms with Gasteiger partial charge in [0.25, 0.3) is 0 Å². The highest BCUT2D eigenvalue weighted by Gasteiger charge is 2.40. The first-order chi connectivity index (χ1) is 13.1. The summed E-state index contributed by atoms with van der Waals surface area (Å²) in [4.78, 5) is 10.5. The van der Waals surface area contributed by atoms with Gasteiger partial charge in [-0.05, 0) is 65.7 Å². The Morgan fingerprint density at radius 1 is 1.14 bits per heavy atom. The van der Waals surface area contributed by atoms with Crippen LogP contribution in [0.4, 0.5) is 0 Å². The number of hydrogen-bond acceptors (Lipinski definition) is 4. The Labute approximate surface area is 180 Å². The van der Waals surface area contributed by atoms with Gasteiger partial charge in [0.2, 0.25) is 0 Å². The van der Waals surface area contributed by atoms with Gasteiger partial charge in [0, 0.05) is 0 Å². The summed E-state index contributed by atoms with van der Waals surface area (Å²) in [5.41, 5.74) is 0. The van der Waals surface area contributed by atoms with E-state index >= 15 is 0 Å². The number of hydrogen-bond donors (Lipinski definition) is 2. The van der Waals surface area contributed by atoms with E-state index in [2.05, 4.69) is 26.3 Å². The standard InChI is InChI=1S/C21H43BO4PS/c1-6-15-21(4,5)27(23,24)25-16-18-9-7-10-19(22-28)11-8-12-20(14-13-18)26-17(2)3/h17-20,28H,6-16H2,1-5H3,(H,23,24). The smallest absolute Gasteiger partial charge is 0.333 e. The molecule has 0 aromatic heterocycles. The van der Waals surface area contributed by atoms with Crippen LogP contribution in [0.2, 0.25) is 5.82 Å². The Balaban J connectivity index is 2.74. The highest BCUT2D eigenvalue weighted by atomic mass is 32.1. The summed E-state index contributed by atoms with van der Waals surface area (Å²) in [7, 11) is -3.64. The van der Waals surface area contributed by atoms with Crippen LogP contribution in [0, 0.1) is 5.92 Å². The molecular weight excluding hydrogens is 390 g/mol. The summed E-state index contributed by atoms with van der Waals surface area (Å²) in [6.45, 7) is 12.3. The van der Waals surface area contributed by atoms with Crippen molar-refractivity contribution < 1.29 is 18.7 Å². The maximum atomic E-state index is 12.8. The molecule has 0 heterocycles. The molecule has 165 valence electrons. The van der Waals surface area contributed by atoms with Gasteiger partial charge in [-0.25, -0.2) is 12.5 Å². The lowest BCUT2D eigenvalue weighted by Crippen LogP contribution is -2.24. The van der Waals surface area contributed by atoms with Gasteiger partial charge in [-0.2, -0.15) is 0 Å². The van der Waals surface area contributed by atoms with Crippen molar-refractivity contribution in [2.45, 2.75) is 122 Å². The number of thiol groups is 1. The molecule has 1 N–H and O–H groups in total. The van der Waals surface area contributed by atoms with Crippen LogP contribution >= 0.6 is 20.1 Å². The zero-order chi connectivity index (χ0) is 21.2. The van der Waals surface area contributed by atoms with E-state index in [0.717, 1.165) is 51.4 Å². The molecule has 1 aliphatic rings. The van der Waals surface area contributed by atoms with Crippen LogP contribution in [0.5, 0.6) is 0 Å². The van der Waals surface area contributed by atoms with Crippen molar-refractivity contribution in [2.75, 3.05) is 6.61 Å². The third-order valence-electron chi connectivity index (χ3n) is 5.97. The van der Waals surface area contributed by atoms with Gasteiger partial charge in [-0.15, -0.1) is 0 Å². The lowest BCUT2D eigenvalue weighted by Gasteiger charge is -2.31. The normalized spacial score (nSPS) is 27.8. The molecule has 4 unspecified atom stereocenters. The quantitative estimate of drug-likeness (QED) is 0.243. The Morgan fingerprint density at radius 2 is 1.79 bits per heavy atom. The summed E-state index contributed by atoms with van der Waals surface area (Å²) < 4.78 is 24.6. The van der Waals surface area contributed by atoms with Gasteiger partial charge >= 0.3 is 7.60 Å². The van der Waals surface area contributed by atoms with E-state index < -0.39 is 12.8 Å². The second-order valence-electron chi connectivity index (χ2n) is 9.40. The van der Waals surface area contributed by atoms with E-state index in [4.69, 9.17) is 9.26 Å². The second-order valence-corrected chi connectivity index (χ2v) is 12.2. The monoisotopic (exact) mass is 433 g/mol. The maximum absolute atomic E-state index is 12.8. The Bertz CT molecular complexity index is 475. The molecular formula is C21H43BO4PS. The van der Waals surface area contributed by atoms with E-state index in [1.54, 1.807) is 0 Å². The summed E-state index contributed by atoms with van der Waals surface area (Å²) >= 11 is 4.42. The zero-order valence-electron chi connectivity index (χ0n) is 18.7. The maximum Gasteiger partial charge on any atom is 0.333 e. The highest BCUT2D eigenvalue weighted by molar-refractivity contribution is 8.07. The van der Waals surface area contributed by atoms with E-state index in [0.29, 0.717) is 24.8 Å². The van der Waals surface area contributed by atoms with E-state index in [-0.39, 0.29) is 12.2 Å². The minimum Gasteiger partial charge on any atom is -0.376 e. The molecule has 0 aliphatic heterocycles. The molecule has 1 fully saturated rings. The van der Waals surface area contributed by atoms with Crippen molar-refractivity contribution in [3.63, 3.8) is 0 Å². The van der Waals surface area contributed by atoms with Crippen LogP contribution in [-0.2, 0) is 13.8 Å². The van der Waals surface area contributed by atoms with Crippen molar-refractivity contribution in [1.82, 2.24) is 0 Å². The van der Waals surface area contributed by atoms with E-state index in [9.17, 15) is 9.46 Å². The lowest BCUT2D eigenvalue weighted by atomic mass is 9.77. The SMILES string of the molecule is CCCC(C)(C)P(=O)(O)OCC1CCCC([B]S)CCCC(OC(C)C)CC1. The van der Waals surface area contributed by atoms with Gasteiger partial charge in [0.05, 0.1) is 24.0 Å². The van der Waals surface area contributed by atoms with Crippen LogP contribution < -0.4 is 0 Å². The summed E-state index contributed by atoms with van der Waals surface area (Å²) in [5, 5.41) is -0.690. The third kappa shape index (κ3) is 9.56. The molecule has 1 aliphatic carbocycles. The van der Waals surface area contributed by atoms with Crippen molar-refractivity contribution in [2.24, 2.45) is 5.92 Å². The topological polar surface area (TPSA) is 55.8 Å². The molecule has 0 aromatic rings. The summed E-state index contributed by atoms with van der Waals surface area (Å²) in [5.74, 6) is 0.838. The molecule has 4 nitrogen and oxygen atoms in total. The first-order valence-electron chi connectivity index (χ1n) is 11.2. The molecule has 4 atom stereocenters. The van der Waals surface area contributed by atoms with Gasteiger partial charge in [0.1, 0.15) is 0 Å². The first-order valence-corrected chi connectivity index (χ1v) is 13.3. The largest absolute Gasteiger partial charge is 0.376 e. The van der Waals surface area contributed by atoms with Crippen LogP contribution in [0.3, 0.4) is 0 Å². The van der Waals surface area contributed by atoms with E-state index in [1.165, 1.54) is 6.42 Å². The summed E-state index contributed by atoms with van der Waals surface area (Å²) in [6, 6.07) is 0. The fourth-order valence-corrected chi connectivity index (χ4v) is 5.67. The van der Waals surface area contributed by atoms with Crippen molar-refractivity contribution >= 4 is 26.6 Å². The molecule has 0 saturated heterocycles. The molecule has 1 saturated carbocycles. The first kappa shape index (κ1) is 26.6. The minimum atomic E-state index is -3.64. The van der Waals surface area contributed by atoms with Gasteiger partial charge in [0.15, 0.2) is 6.56 Å². The highest BCUT2D eigenvalue weighted by Crippen LogP contribution is 2.57. The minimum absolute atomic E-state index is 0.226. The summed E-state index contributed by atoms with van der Waals surface area (Å²) in [6.07, 6.45) is 10.7. The van der Waals surface area contributed by atoms with E-state index in [1.807, 2.05) is 27.3 Å². The van der Waals surface area contributed by atoms with Gasteiger partial charge < -0.3 is 14.2 Å². The molecule has 0 aromatic carbocycles. The van der Waals surface area contributed by atoms with Crippen LogP contribution in [0.15, 0.2) is 0 Å². The molecule has 1 rings (SSSR count). The van der Waals surface area contributed by atoms with Crippen molar-refractivity contribution in [3.8, 4) is 0 Å². The zero-order valence-corrected chi connectivity index (χ0v) is 20.5. The Kier molecular flexibility index (Phi) is 12.4. The van der Waals surface area contributed by atoms with Crippen molar-refractivity contribution in [3.05, 3.63) is 0 Å². The van der Waals surface area contributed by atoms with Crippen LogP contribution in [0.1, 0.15) is 98.8 Å². The third-order valence-corrected chi connectivity index (χ3v) is 8.65. The predicted octanol–water partition coefficient (Wildman–Crippen LogP) is 6.65. The van der Waals surface area contributed by atoms with Crippen LogP contribution in [-0.4, -0.2) is 35.4 Å². The average Bonchev–Trinajstić information content (AvgIpc) is 2.64. The second kappa shape index (κ2) is 13.0. The average molecular weight is 433 g/mol. The van der Waals surface area contributed by atoms with Crippen LogP contribution in [0.25, 0.3) is 0 Å². The molecule has 0 bridgehead atoms.